The van der Waals surface area contributed by atoms with Gasteiger partial charge in [-0.25, -0.2) is 4.79 Å². The van der Waals surface area contributed by atoms with Crippen molar-refractivity contribution in [1.82, 2.24) is 5.32 Å². The highest BCUT2D eigenvalue weighted by molar-refractivity contribution is 7.12. The minimum absolute atomic E-state index is 0.0456. The number of rotatable bonds is 9. The fourth-order valence-corrected chi connectivity index (χ4v) is 2.94. The molecule has 9 heteroatoms. The van der Waals surface area contributed by atoms with Gasteiger partial charge in [0.2, 0.25) is 0 Å². The van der Waals surface area contributed by atoms with Gasteiger partial charge in [-0.1, -0.05) is 19.9 Å². The second-order valence-corrected chi connectivity index (χ2v) is 7.41. The molecule has 156 valence electrons. The summed E-state index contributed by atoms with van der Waals surface area (Å²) in [5, 5.41) is 7.12. The lowest BCUT2D eigenvalue weighted by Gasteiger charge is -2.15. The second kappa shape index (κ2) is 10.5. The number of hydrogen-bond donors (Lipinski definition) is 2. The monoisotopic (exact) mass is 420 g/mol. The van der Waals surface area contributed by atoms with Gasteiger partial charge in [-0.2, -0.15) is 0 Å². The molecule has 0 saturated heterocycles. The zero-order valence-electron chi connectivity index (χ0n) is 16.7. The zero-order chi connectivity index (χ0) is 21.4. The summed E-state index contributed by atoms with van der Waals surface area (Å²) in [7, 11) is 2.87. The molecular weight excluding hydrogens is 396 g/mol. The fourth-order valence-electron chi connectivity index (χ4n) is 2.32. The molecule has 0 saturated carbocycles. The molecule has 0 atom stereocenters. The van der Waals surface area contributed by atoms with Crippen LogP contribution >= 0.6 is 11.3 Å². The van der Waals surface area contributed by atoms with E-state index in [9.17, 15) is 14.4 Å². The average Bonchev–Trinajstić information content (AvgIpc) is 3.25. The third-order valence-corrected chi connectivity index (χ3v) is 4.65. The Morgan fingerprint density at radius 1 is 1.10 bits per heavy atom. The summed E-state index contributed by atoms with van der Waals surface area (Å²) in [6, 6.07) is 6.29. The number of benzene rings is 1. The number of methoxy groups -OCH3 is 2. The number of ether oxygens (including phenoxy) is 3. The van der Waals surface area contributed by atoms with Crippen LogP contribution in [-0.4, -0.2) is 45.2 Å². The lowest BCUT2D eigenvalue weighted by Crippen LogP contribution is -2.31. The van der Waals surface area contributed by atoms with Crippen LogP contribution in [0.15, 0.2) is 29.6 Å². The first kappa shape index (κ1) is 22.2. The average molecular weight is 420 g/mol. The van der Waals surface area contributed by atoms with Crippen LogP contribution in [0.1, 0.15) is 33.9 Å². The highest BCUT2D eigenvalue weighted by Crippen LogP contribution is 2.34. The number of esters is 1. The fraction of sp³-hybridized carbons (Fsp3) is 0.350. The van der Waals surface area contributed by atoms with Gasteiger partial charge in [0.1, 0.15) is 0 Å². The third-order valence-electron chi connectivity index (χ3n) is 3.78. The van der Waals surface area contributed by atoms with Crippen molar-refractivity contribution in [2.24, 2.45) is 5.92 Å². The highest BCUT2D eigenvalue weighted by atomic mass is 32.1. The molecular formula is C20H24N2O6S. The lowest BCUT2D eigenvalue weighted by atomic mass is 10.1. The topological polar surface area (TPSA) is 103 Å². The van der Waals surface area contributed by atoms with E-state index in [1.165, 1.54) is 37.7 Å². The van der Waals surface area contributed by atoms with Gasteiger partial charge in [-0.3, -0.25) is 9.59 Å². The molecule has 2 aromatic rings. The summed E-state index contributed by atoms with van der Waals surface area (Å²) in [6.07, 6.45) is 0. The van der Waals surface area contributed by atoms with Crippen LogP contribution in [0.2, 0.25) is 0 Å². The van der Waals surface area contributed by atoms with Crippen molar-refractivity contribution < 1.29 is 28.6 Å². The van der Waals surface area contributed by atoms with E-state index >= 15 is 0 Å². The number of nitrogens with one attached hydrogen (secondary N) is 2. The van der Waals surface area contributed by atoms with Gasteiger partial charge in [-0.05, 0) is 17.4 Å². The quantitative estimate of drug-likeness (QED) is 0.605. The van der Waals surface area contributed by atoms with Crippen molar-refractivity contribution in [1.29, 1.82) is 0 Å². The predicted octanol–water partition coefficient (Wildman–Crippen LogP) is 2.95. The van der Waals surface area contributed by atoms with Crippen LogP contribution in [0.5, 0.6) is 11.5 Å². The van der Waals surface area contributed by atoms with Gasteiger partial charge >= 0.3 is 5.97 Å². The molecule has 0 unspecified atom stereocenters. The smallest absolute Gasteiger partial charge is 0.340 e. The molecule has 2 N–H and O–H groups in total. The Kier molecular flexibility index (Phi) is 8.02. The minimum Gasteiger partial charge on any atom is -0.493 e. The van der Waals surface area contributed by atoms with Gasteiger partial charge in [0.15, 0.2) is 18.1 Å². The molecule has 0 aliphatic rings. The van der Waals surface area contributed by atoms with Gasteiger partial charge in [0.25, 0.3) is 11.8 Å². The van der Waals surface area contributed by atoms with E-state index in [0.29, 0.717) is 17.2 Å². The van der Waals surface area contributed by atoms with Crippen LogP contribution in [0.25, 0.3) is 0 Å². The molecule has 0 aliphatic carbocycles. The second-order valence-electron chi connectivity index (χ2n) is 6.46. The van der Waals surface area contributed by atoms with Crippen molar-refractivity contribution in [3.8, 4) is 11.5 Å². The van der Waals surface area contributed by atoms with Gasteiger partial charge in [0, 0.05) is 18.7 Å². The van der Waals surface area contributed by atoms with E-state index < -0.39 is 18.5 Å². The first-order valence-electron chi connectivity index (χ1n) is 8.90. The number of carbonyl (C=O) groups is 3. The molecule has 0 aliphatic heterocycles. The number of anilines is 1. The van der Waals surface area contributed by atoms with E-state index in [2.05, 4.69) is 10.6 Å². The van der Waals surface area contributed by atoms with Crippen LogP contribution < -0.4 is 20.1 Å². The molecule has 8 nitrogen and oxygen atoms in total. The van der Waals surface area contributed by atoms with E-state index in [0.717, 1.165) is 0 Å². The number of carbonyl (C=O) groups excluding carboxylic acids is 3. The standard InChI is InChI=1S/C20H24N2O6S/c1-12(2)10-21-18(23)11-28-20(25)13-8-15(26-3)16(27-4)9-14(13)22-19(24)17-6-5-7-29-17/h5-9,12H,10-11H2,1-4H3,(H,21,23)(H,22,24). The molecule has 0 bridgehead atoms. The van der Waals surface area contributed by atoms with Crippen molar-refractivity contribution in [2.75, 3.05) is 32.7 Å². The van der Waals surface area contributed by atoms with Crippen LogP contribution in [0, 0.1) is 5.92 Å². The molecule has 0 radical (unpaired) electrons. The zero-order valence-corrected chi connectivity index (χ0v) is 17.6. The van der Waals surface area contributed by atoms with Crippen LogP contribution in [0.4, 0.5) is 5.69 Å². The minimum atomic E-state index is -0.771. The molecule has 2 rings (SSSR count). The third kappa shape index (κ3) is 6.21. The number of hydrogen-bond acceptors (Lipinski definition) is 7. The SMILES string of the molecule is COc1cc(NC(=O)c2cccs2)c(C(=O)OCC(=O)NCC(C)C)cc1OC. The summed E-state index contributed by atoms with van der Waals surface area (Å²) in [6.45, 7) is 3.96. The normalized spacial score (nSPS) is 10.4. The first-order valence-corrected chi connectivity index (χ1v) is 9.78. The van der Waals surface area contributed by atoms with E-state index in [1.54, 1.807) is 17.5 Å². The number of thiophene rings is 1. The van der Waals surface area contributed by atoms with E-state index in [1.807, 2.05) is 13.8 Å². The van der Waals surface area contributed by atoms with Gasteiger partial charge < -0.3 is 24.8 Å². The predicted molar refractivity (Wildman–Crippen MR) is 110 cm³/mol. The van der Waals surface area contributed by atoms with Gasteiger partial charge in [0.05, 0.1) is 30.3 Å². The maximum Gasteiger partial charge on any atom is 0.340 e. The summed E-state index contributed by atoms with van der Waals surface area (Å²) >= 11 is 1.27. The highest BCUT2D eigenvalue weighted by Gasteiger charge is 2.21. The van der Waals surface area contributed by atoms with Crippen molar-refractivity contribution >= 4 is 34.8 Å². The van der Waals surface area contributed by atoms with Gasteiger partial charge in [-0.15, -0.1) is 11.3 Å². The summed E-state index contributed by atoms with van der Waals surface area (Å²) in [5.74, 6) is -0.655. The Balaban J connectivity index is 2.22. The van der Waals surface area contributed by atoms with Crippen LogP contribution in [-0.2, 0) is 9.53 Å². The van der Waals surface area contributed by atoms with Crippen molar-refractivity contribution in [3.05, 3.63) is 40.1 Å². The lowest BCUT2D eigenvalue weighted by molar-refractivity contribution is -0.124. The van der Waals surface area contributed by atoms with Crippen LogP contribution in [0.3, 0.4) is 0 Å². The Morgan fingerprint density at radius 3 is 2.38 bits per heavy atom. The van der Waals surface area contributed by atoms with Crippen molar-refractivity contribution in [2.45, 2.75) is 13.8 Å². The molecule has 1 heterocycles. The maximum atomic E-state index is 12.6. The Morgan fingerprint density at radius 2 is 1.79 bits per heavy atom. The Bertz CT molecular complexity index is 864. The molecule has 29 heavy (non-hydrogen) atoms. The molecule has 2 amide bonds. The molecule has 1 aromatic carbocycles. The maximum absolute atomic E-state index is 12.6. The molecule has 0 fully saturated rings. The van der Waals surface area contributed by atoms with E-state index in [4.69, 9.17) is 14.2 Å². The summed E-state index contributed by atoms with van der Waals surface area (Å²) < 4.78 is 15.6. The summed E-state index contributed by atoms with van der Waals surface area (Å²) in [4.78, 5) is 37.3. The molecule has 0 spiro atoms. The van der Waals surface area contributed by atoms with Crippen molar-refractivity contribution in [3.63, 3.8) is 0 Å². The Hall–Kier alpha value is -3.07. The number of amides is 2. The summed E-state index contributed by atoms with van der Waals surface area (Å²) in [5.41, 5.74) is 0.234. The first-order chi connectivity index (χ1) is 13.8. The Labute approximate surface area is 173 Å². The molecule has 1 aromatic heterocycles. The largest absolute Gasteiger partial charge is 0.493 e. The van der Waals surface area contributed by atoms with E-state index in [-0.39, 0.29) is 28.8 Å².